The molecule has 162 valence electrons. The smallest absolute Gasteiger partial charge is 0.282 e. The summed E-state index contributed by atoms with van der Waals surface area (Å²) in [7, 11) is -4.16. The van der Waals surface area contributed by atoms with E-state index in [0.717, 1.165) is 45.4 Å². The number of alkyl halides is 3. The number of hydrogen-bond donors (Lipinski definition) is 1. The predicted octanol–water partition coefficient (Wildman–Crippen LogP) is 4.37. The second kappa shape index (κ2) is 6.39. The SMILES string of the molecule is O=S(=O)(c1ccc(C(F)(F)F)nc1)N1C2Cc3[nH]ncc3C1c1c2ccc2ccccc12. The summed E-state index contributed by atoms with van der Waals surface area (Å²) in [5.41, 5.74) is 2.25. The van der Waals surface area contributed by atoms with Gasteiger partial charge >= 0.3 is 6.18 Å². The molecule has 0 aliphatic carbocycles. The molecule has 2 aromatic heterocycles. The Hall–Kier alpha value is -3.24. The Morgan fingerprint density at radius 1 is 1.00 bits per heavy atom. The number of rotatable bonds is 2. The molecule has 2 bridgehead atoms. The largest absolute Gasteiger partial charge is 0.433 e. The number of halogens is 3. The molecule has 2 aromatic carbocycles. The van der Waals surface area contributed by atoms with E-state index in [1.807, 2.05) is 36.4 Å². The van der Waals surface area contributed by atoms with Crippen molar-refractivity contribution in [3.63, 3.8) is 0 Å². The van der Waals surface area contributed by atoms with E-state index in [1.165, 1.54) is 4.31 Å². The summed E-state index contributed by atoms with van der Waals surface area (Å²) in [5, 5.41) is 9.01. The van der Waals surface area contributed by atoms with Crippen LogP contribution in [0.4, 0.5) is 13.2 Å². The van der Waals surface area contributed by atoms with E-state index >= 15 is 0 Å². The number of fused-ring (bicyclic) bond motifs is 9. The normalized spacial score (nSPS) is 20.3. The van der Waals surface area contributed by atoms with Crippen LogP contribution in [-0.2, 0) is 22.6 Å². The quantitative estimate of drug-likeness (QED) is 0.486. The summed E-state index contributed by atoms with van der Waals surface area (Å²) in [6.45, 7) is 0. The molecule has 1 N–H and O–H groups in total. The van der Waals surface area contributed by atoms with Gasteiger partial charge in [-0.2, -0.15) is 22.6 Å². The third kappa shape index (κ3) is 2.59. The highest BCUT2D eigenvalue weighted by atomic mass is 32.2. The van der Waals surface area contributed by atoms with Crippen LogP contribution in [0.5, 0.6) is 0 Å². The number of aromatic amines is 1. The molecule has 2 aliphatic heterocycles. The molecule has 0 saturated heterocycles. The summed E-state index contributed by atoms with van der Waals surface area (Å²) < 4.78 is 67.6. The fourth-order valence-corrected chi connectivity index (χ4v) is 6.58. The first-order valence-electron chi connectivity index (χ1n) is 9.87. The zero-order valence-corrected chi connectivity index (χ0v) is 17.2. The van der Waals surface area contributed by atoms with Crippen molar-refractivity contribution in [2.75, 3.05) is 0 Å². The fraction of sp³-hybridized carbons (Fsp3) is 0.182. The van der Waals surface area contributed by atoms with Gasteiger partial charge in [0.1, 0.15) is 10.6 Å². The van der Waals surface area contributed by atoms with E-state index in [0.29, 0.717) is 12.5 Å². The number of H-pyrrole nitrogens is 1. The van der Waals surface area contributed by atoms with E-state index in [1.54, 1.807) is 6.20 Å². The Labute approximate surface area is 180 Å². The van der Waals surface area contributed by atoms with Crippen LogP contribution in [-0.4, -0.2) is 27.9 Å². The second-order valence-corrected chi connectivity index (χ2v) is 9.77. The molecular formula is C22H15F3N4O2S. The van der Waals surface area contributed by atoms with Gasteiger partial charge in [-0.3, -0.25) is 10.1 Å². The van der Waals surface area contributed by atoms with Crippen molar-refractivity contribution in [3.8, 4) is 0 Å². The summed E-state index contributed by atoms with van der Waals surface area (Å²) in [4.78, 5) is 3.09. The van der Waals surface area contributed by atoms with Crippen molar-refractivity contribution in [1.29, 1.82) is 0 Å². The number of pyridine rings is 1. The predicted molar refractivity (Wildman–Crippen MR) is 109 cm³/mol. The Morgan fingerprint density at radius 2 is 1.81 bits per heavy atom. The topological polar surface area (TPSA) is 79.0 Å². The van der Waals surface area contributed by atoms with Crippen LogP contribution >= 0.6 is 0 Å². The van der Waals surface area contributed by atoms with Crippen LogP contribution in [0, 0.1) is 0 Å². The minimum Gasteiger partial charge on any atom is -0.282 e. The Balaban J connectivity index is 1.55. The number of aromatic nitrogens is 3. The van der Waals surface area contributed by atoms with Crippen LogP contribution in [0.3, 0.4) is 0 Å². The standard InChI is InChI=1S/C22H15F3N4O2S/c23-22(24,25)19-8-6-13(10-26-19)32(30,31)29-18-9-17-16(11-27-28-17)21(29)20-14-4-2-1-3-12(14)5-7-15(18)20/h1-8,10-11,18,21H,9H2,(H,27,28). The van der Waals surface area contributed by atoms with Gasteiger partial charge in [0, 0.05) is 23.9 Å². The van der Waals surface area contributed by atoms with Gasteiger partial charge in [-0.15, -0.1) is 0 Å². The van der Waals surface area contributed by atoms with Gasteiger partial charge in [-0.25, -0.2) is 8.42 Å². The molecule has 0 radical (unpaired) electrons. The maximum Gasteiger partial charge on any atom is 0.433 e. The molecule has 6 nitrogen and oxygen atoms in total. The van der Waals surface area contributed by atoms with E-state index in [-0.39, 0.29) is 4.90 Å². The minimum absolute atomic E-state index is 0.274. The Morgan fingerprint density at radius 3 is 2.56 bits per heavy atom. The third-order valence-corrected chi connectivity index (χ3v) is 8.10. The van der Waals surface area contributed by atoms with E-state index in [4.69, 9.17) is 0 Å². The van der Waals surface area contributed by atoms with Crippen molar-refractivity contribution >= 4 is 20.8 Å². The molecule has 4 aromatic rings. The lowest BCUT2D eigenvalue weighted by atomic mass is 9.94. The highest BCUT2D eigenvalue weighted by molar-refractivity contribution is 7.89. The van der Waals surface area contributed by atoms with Gasteiger partial charge in [-0.05, 0) is 34.0 Å². The molecule has 10 heteroatoms. The Kier molecular flexibility index (Phi) is 3.89. The lowest BCUT2D eigenvalue weighted by molar-refractivity contribution is -0.141. The fourth-order valence-electron chi connectivity index (χ4n) is 4.89. The van der Waals surface area contributed by atoms with Crippen molar-refractivity contribution in [2.45, 2.75) is 29.6 Å². The molecule has 0 saturated carbocycles. The van der Waals surface area contributed by atoms with Crippen LogP contribution in [0.1, 0.15) is 40.2 Å². The van der Waals surface area contributed by atoms with Crippen LogP contribution in [0.25, 0.3) is 10.8 Å². The molecule has 32 heavy (non-hydrogen) atoms. The average Bonchev–Trinajstić information content (AvgIpc) is 3.35. The second-order valence-electron chi connectivity index (χ2n) is 7.93. The highest BCUT2D eigenvalue weighted by Gasteiger charge is 2.51. The van der Waals surface area contributed by atoms with Gasteiger partial charge in [0.25, 0.3) is 0 Å². The molecule has 6 rings (SSSR count). The molecule has 0 amide bonds. The van der Waals surface area contributed by atoms with E-state index in [9.17, 15) is 21.6 Å². The first-order chi connectivity index (χ1) is 15.3. The minimum atomic E-state index is -4.65. The van der Waals surface area contributed by atoms with Crippen molar-refractivity contribution in [3.05, 3.63) is 89.0 Å². The van der Waals surface area contributed by atoms with Crippen LogP contribution in [0.15, 0.2) is 65.8 Å². The molecule has 4 heterocycles. The Bertz CT molecular complexity index is 1480. The number of nitrogens with one attached hydrogen (secondary N) is 1. The van der Waals surface area contributed by atoms with Gasteiger partial charge in [0.2, 0.25) is 10.0 Å². The number of nitrogens with zero attached hydrogens (tertiary/aromatic N) is 3. The maximum atomic E-state index is 13.7. The number of benzene rings is 2. The van der Waals surface area contributed by atoms with Gasteiger partial charge in [-0.1, -0.05) is 36.4 Å². The molecule has 0 fully saturated rings. The zero-order chi connectivity index (χ0) is 22.3. The lowest BCUT2D eigenvalue weighted by Gasteiger charge is -2.33. The highest BCUT2D eigenvalue weighted by Crippen LogP contribution is 2.55. The van der Waals surface area contributed by atoms with Crippen molar-refractivity contribution in [2.24, 2.45) is 0 Å². The molecule has 2 aliphatic rings. The number of hydrogen-bond acceptors (Lipinski definition) is 4. The van der Waals surface area contributed by atoms with Gasteiger partial charge in [0.15, 0.2) is 0 Å². The summed E-state index contributed by atoms with van der Waals surface area (Å²) in [6.07, 6.45) is -1.84. The first-order valence-corrected chi connectivity index (χ1v) is 11.3. The van der Waals surface area contributed by atoms with Crippen LogP contribution < -0.4 is 0 Å². The number of sulfonamides is 1. The first kappa shape index (κ1) is 19.4. The third-order valence-electron chi connectivity index (χ3n) is 6.24. The summed E-state index contributed by atoms with van der Waals surface area (Å²) in [6, 6.07) is 12.2. The monoisotopic (exact) mass is 456 g/mol. The molecule has 0 spiro atoms. The molecule has 2 atom stereocenters. The van der Waals surface area contributed by atoms with Crippen molar-refractivity contribution < 1.29 is 21.6 Å². The van der Waals surface area contributed by atoms with E-state index in [2.05, 4.69) is 15.2 Å². The summed E-state index contributed by atoms with van der Waals surface area (Å²) in [5.74, 6) is 0. The van der Waals surface area contributed by atoms with Gasteiger partial charge < -0.3 is 0 Å². The van der Waals surface area contributed by atoms with Gasteiger partial charge in [0.05, 0.1) is 18.3 Å². The lowest BCUT2D eigenvalue weighted by Crippen LogP contribution is -2.37. The average molecular weight is 456 g/mol. The maximum absolute atomic E-state index is 13.7. The molecule has 2 unspecified atom stereocenters. The van der Waals surface area contributed by atoms with Crippen LogP contribution in [0.2, 0.25) is 0 Å². The molecular weight excluding hydrogens is 441 g/mol. The van der Waals surface area contributed by atoms with Crippen molar-refractivity contribution in [1.82, 2.24) is 19.5 Å². The van der Waals surface area contributed by atoms with E-state index < -0.39 is 34.0 Å². The summed E-state index contributed by atoms with van der Waals surface area (Å²) >= 11 is 0. The zero-order valence-electron chi connectivity index (χ0n) is 16.3.